The van der Waals surface area contributed by atoms with E-state index in [1.807, 2.05) is 0 Å². The van der Waals surface area contributed by atoms with Crippen LogP contribution < -0.4 is 9.44 Å². The lowest BCUT2D eigenvalue weighted by Gasteiger charge is -2.30. The van der Waals surface area contributed by atoms with Gasteiger partial charge in [0.1, 0.15) is 5.84 Å². The molecule has 2 saturated heterocycles. The third-order valence-corrected chi connectivity index (χ3v) is 4.75. The summed E-state index contributed by atoms with van der Waals surface area (Å²) in [5.74, 6) is -0.614. The van der Waals surface area contributed by atoms with E-state index in [1.54, 1.807) is 4.72 Å². The number of hydrogen-bond acceptors (Lipinski definition) is 9. The number of methoxy groups -OCH3 is 1. The van der Waals surface area contributed by atoms with Gasteiger partial charge in [-0.25, -0.2) is 14.3 Å². The first kappa shape index (κ1) is 19.2. The quantitative estimate of drug-likeness (QED) is 0.232. The molecule has 2 fully saturated rings. The van der Waals surface area contributed by atoms with E-state index in [0.717, 1.165) is 12.0 Å². The average Bonchev–Trinajstić information content (AvgIpc) is 2.69. The molecule has 2 heterocycles. The number of fused-ring (bicyclic) bond motifs is 2. The number of hydroxylamine groups is 2. The number of rotatable bonds is 5. The first-order valence-corrected chi connectivity index (χ1v) is 9.52. The number of hydrogen-bond donors (Lipinski definition) is 4. The van der Waals surface area contributed by atoms with Crippen LogP contribution in [0.25, 0.3) is 0 Å². The van der Waals surface area contributed by atoms with Gasteiger partial charge in [0.05, 0.1) is 19.2 Å². The van der Waals surface area contributed by atoms with E-state index in [-0.39, 0.29) is 19.4 Å². The maximum atomic E-state index is 12.2. The molecule has 2 unspecified atom stereocenters. The summed E-state index contributed by atoms with van der Waals surface area (Å²) in [6.45, 7) is -0.0342. The van der Waals surface area contributed by atoms with Crippen LogP contribution >= 0.6 is 0 Å². The Labute approximate surface area is 142 Å². The highest BCUT2D eigenvalue weighted by atomic mass is 32.3. The molecule has 2 bridgehead atoms. The zero-order valence-corrected chi connectivity index (χ0v) is 14.3. The molecule has 0 aromatic rings. The Hall–Kier alpha value is -2.17. The molecule has 142 valence electrons. The smallest absolute Gasteiger partial charge is 0.422 e. The van der Waals surface area contributed by atoms with E-state index in [1.165, 1.54) is 4.72 Å². The van der Waals surface area contributed by atoms with Crippen LogP contribution in [0.3, 0.4) is 0 Å². The fourth-order valence-corrected chi connectivity index (χ4v) is 3.69. The summed E-state index contributed by atoms with van der Waals surface area (Å²) in [4.78, 5) is 24.1. The average molecular weight is 401 g/mol. The predicted molar refractivity (Wildman–Crippen MR) is 78.7 cm³/mol. The fourth-order valence-electron chi connectivity index (χ4n) is 2.52. The van der Waals surface area contributed by atoms with Crippen molar-refractivity contribution in [1.29, 1.82) is 5.41 Å². The molecular weight excluding hydrogens is 386 g/mol. The van der Waals surface area contributed by atoms with Gasteiger partial charge in [-0.2, -0.15) is 21.9 Å². The van der Waals surface area contributed by atoms with Crippen molar-refractivity contribution in [2.75, 3.05) is 13.7 Å². The number of urea groups is 1. The van der Waals surface area contributed by atoms with Crippen molar-refractivity contribution in [1.82, 2.24) is 19.4 Å². The molecule has 0 aliphatic carbocycles. The van der Waals surface area contributed by atoms with E-state index < -0.39 is 50.7 Å². The van der Waals surface area contributed by atoms with Gasteiger partial charge in [-0.3, -0.25) is 14.7 Å². The van der Waals surface area contributed by atoms with Gasteiger partial charge in [-0.05, 0) is 12.8 Å². The Morgan fingerprint density at radius 3 is 2.48 bits per heavy atom. The Balaban J connectivity index is 2.09. The number of nitrogens with one attached hydrogen (secondary N) is 3. The van der Waals surface area contributed by atoms with Crippen molar-refractivity contribution in [2.24, 2.45) is 0 Å². The number of nitrogens with zero attached hydrogens (tertiary/aromatic N) is 2. The zero-order chi connectivity index (χ0) is 19.0. The third-order valence-electron chi connectivity index (χ3n) is 3.48. The Morgan fingerprint density at radius 1 is 1.28 bits per heavy atom. The highest BCUT2D eigenvalue weighted by molar-refractivity contribution is 7.88. The van der Waals surface area contributed by atoms with E-state index in [4.69, 9.17) is 9.96 Å². The molecule has 4 N–H and O–H groups in total. The van der Waals surface area contributed by atoms with Crippen LogP contribution in [0.4, 0.5) is 9.59 Å². The van der Waals surface area contributed by atoms with E-state index in [9.17, 15) is 26.4 Å². The number of carbonyl (C=O) groups is 2. The second-order valence-corrected chi connectivity index (χ2v) is 7.54. The van der Waals surface area contributed by atoms with Crippen LogP contribution in [0.1, 0.15) is 12.8 Å². The van der Waals surface area contributed by atoms with Gasteiger partial charge < -0.3 is 9.64 Å². The highest BCUT2D eigenvalue weighted by Crippen LogP contribution is 2.30. The lowest BCUT2D eigenvalue weighted by molar-refractivity contribution is -0.0316. The second-order valence-electron chi connectivity index (χ2n) is 5.12. The lowest BCUT2D eigenvalue weighted by atomic mass is 10.0. The normalized spacial score (nSPS) is 23.4. The van der Waals surface area contributed by atoms with Crippen LogP contribution in [0.5, 0.6) is 0 Å². The van der Waals surface area contributed by atoms with Gasteiger partial charge in [0.25, 0.3) is 0 Å². The molecule has 2 atom stereocenters. The van der Waals surface area contributed by atoms with E-state index >= 15 is 0 Å². The molecule has 3 amide bonds. The largest absolute Gasteiger partial charge is 0.452 e. The molecule has 2 aliphatic heterocycles. The summed E-state index contributed by atoms with van der Waals surface area (Å²) in [7, 11) is -8.40. The predicted octanol–water partition coefficient (Wildman–Crippen LogP) is -1.84. The van der Waals surface area contributed by atoms with Gasteiger partial charge in [0.15, 0.2) is 0 Å². The summed E-state index contributed by atoms with van der Waals surface area (Å²) in [5, 5.41) is 8.29. The molecule has 2 aliphatic rings. The maximum Gasteiger partial charge on any atom is 0.422 e. The molecule has 14 nitrogen and oxygen atoms in total. The van der Waals surface area contributed by atoms with Crippen LogP contribution in [-0.4, -0.2) is 75.0 Å². The van der Waals surface area contributed by atoms with Crippen molar-refractivity contribution in [3.63, 3.8) is 0 Å². The Kier molecular flexibility index (Phi) is 5.07. The monoisotopic (exact) mass is 401 g/mol. The van der Waals surface area contributed by atoms with Crippen molar-refractivity contribution >= 4 is 38.6 Å². The van der Waals surface area contributed by atoms with Crippen LogP contribution in [0.2, 0.25) is 0 Å². The standard InChI is InChI=1S/C9H15N5O9S2/c1-22-8(15)12-24(17,18)11-7(10)6-3-2-5-4-13(6)9(16)14(5)23-25(19,20)21/h5-6H,2-4H2,1H3,(H2,10,11)(H,12,15)(H,19,20,21). The molecule has 25 heavy (non-hydrogen) atoms. The molecule has 0 aromatic carbocycles. The van der Waals surface area contributed by atoms with Crippen LogP contribution in [0.15, 0.2) is 0 Å². The van der Waals surface area contributed by atoms with Gasteiger partial charge >= 0.3 is 32.7 Å². The van der Waals surface area contributed by atoms with Crippen LogP contribution in [-0.2, 0) is 29.6 Å². The lowest BCUT2D eigenvalue weighted by Crippen LogP contribution is -2.53. The first-order valence-electron chi connectivity index (χ1n) is 6.67. The molecule has 0 radical (unpaired) electrons. The number of amides is 3. The number of carbonyl (C=O) groups excluding carboxylic acids is 2. The summed E-state index contributed by atoms with van der Waals surface area (Å²) < 4.78 is 65.2. The SMILES string of the molecule is COC(=O)NS(=O)(=O)NC(=N)C1CCC2CN1C(=O)N2OS(=O)(=O)O. The van der Waals surface area contributed by atoms with Crippen LogP contribution in [0, 0.1) is 5.41 Å². The molecule has 16 heteroatoms. The van der Waals surface area contributed by atoms with E-state index in [2.05, 4.69) is 9.02 Å². The maximum absolute atomic E-state index is 12.2. The van der Waals surface area contributed by atoms with Crippen molar-refractivity contribution in [2.45, 2.75) is 24.9 Å². The zero-order valence-electron chi connectivity index (χ0n) is 12.7. The van der Waals surface area contributed by atoms with E-state index in [0.29, 0.717) is 5.06 Å². The summed E-state index contributed by atoms with van der Waals surface area (Å²) in [6.07, 6.45) is -0.952. The number of ether oxygens (including phenoxy) is 1. The van der Waals surface area contributed by atoms with Gasteiger partial charge in [-0.15, -0.1) is 4.28 Å². The Bertz CT molecular complexity index is 794. The minimum atomic E-state index is -4.91. The fraction of sp³-hybridized carbons (Fsp3) is 0.667. The van der Waals surface area contributed by atoms with Gasteiger partial charge in [0, 0.05) is 6.54 Å². The third kappa shape index (κ3) is 4.47. The molecular formula is C9H15N5O9S2. The molecule has 0 spiro atoms. The van der Waals surface area contributed by atoms with Gasteiger partial charge in [-0.1, -0.05) is 0 Å². The summed E-state index contributed by atoms with van der Waals surface area (Å²) in [5.41, 5.74) is 0. The Morgan fingerprint density at radius 2 is 1.92 bits per heavy atom. The van der Waals surface area contributed by atoms with Crippen molar-refractivity contribution in [3.05, 3.63) is 0 Å². The molecule has 0 aromatic heterocycles. The summed E-state index contributed by atoms with van der Waals surface area (Å²) >= 11 is 0. The van der Waals surface area contributed by atoms with Gasteiger partial charge in [0.2, 0.25) is 0 Å². The molecule has 0 saturated carbocycles. The highest BCUT2D eigenvalue weighted by Gasteiger charge is 2.48. The second kappa shape index (κ2) is 6.62. The van der Waals surface area contributed by atoms with Crippen molar-refractivity contribution < 1.29 is 40.0 Å². The van der Waals surface area contributed by atoms with Crippen molar-refractivity contribution in [3.8, 4) is 0 Å². The first-order chi connectivity index (χ1) is 11.4. The number of amidine groups is 1. The molecule has 2 rings (SSSR count). The summed E-state index contributed by atoms with van der Waals surface area (Å²) in [6, 6.07) is -2.65. The topological polar surface area (TPSA) is 195 Å². The minimum absolute atomic E-state index is 0.0342. The number of piperidine rings is 1. The minimum Gasteiger partial charge on any atom is -0.452 e.